The molecule has 1 amide bonds. The van der Waals surface area contributed by atoms with Crippen molar-refractivity contribution in [2.24, 2.45) is 0 Å². The Morgan fingerprint density at radius 2 is 1.94 bits per heavy atom. The van der Waals surface area contributed by atoms with E-state index in [1.165, 1.54) is 4.31 Å². The van der Waals surface area contributed by atoms with Crippen LogP contribution in [0.5, 0.6) is 0 Å². The fourth-order valence-corrected chi connectivity index (χ4v) is 6.85. The normalized spacial score (nSPS) is 24.5. The first kappa shape index (κ1) is 20.2. The maximum atomic E-state index is 13.6. The zero-order chi connectivity index (χ0) is 21.8. The van der Waals surface area contributed by atoms with Crippen molar-refractivity contribution in [2.75, 3.05) is 16.6 Å². The van der Waals surface area contributed by atoms with Gasteiger partial charge in [-0.1, -0.05) is 6.07 Å². The molecule has 2 bridgehead atoms. The van der Waals surface area contributed by atoms with Gasteiger partial charge < -0.3 is 9.88 Å². The lowest BCUT2D eigenvalue weighted by Gasteiger charge is -2.30. The largest absolute Gasteiger partial charge is 0.332 e. The van der Waals surface area contributed by atoms with Crippen LogP contribution >= 0.6 is 0 Å². The van der Waals surface area contributed by atoms with Crippen LogP contribution in [-0.4, -0.2) is 53.6 Å². The van der Waals surface area contributed by atoms with E-state index in [0.29, 0.717) is 48.4 Å². The third-order valence-corrected chi connectivity index (χ3v) is 8.54. The molecule has 1 aromatic heterocycles. The molecule has 164 valence electrons. The summed E-state index contributed by atoms with van der Waals surface area (Å²) in [6, 6.07) is 6.88. The third kappa shape index (κ3) is 3.54. The summed E-state index contributed by atoms with van der Waals surface area (Å²) >= 11 is 0. The average Bonchev–Trinajstić information content (AvgIpc) is 3.02. The van der Waals surface area contributed by atoms with E-state index in [0.717, 1.165) is 25.0 Å². The summed E-state index contributed by atoms with van der Waals surface area (Å²) in [5, 5.41) is 0. The first-order valence-electron chi connectivity index (χ1n) is 10.9. The molecule has 0 aliphatic carbocycles. The Morgan fingerprint density at radius 1 is 1.16 bits per heavy atom. The van der Waals surface area contributed by atoms with Gasteiger partial charge in [0.25, 0.3) is 11.5 Å². The maximum Gasteiger partial charge on any atom is 0.254 e. The van der Waals surface area contributed by atoms with Crippen molar-refractivity contribution in [3.8, 4) is 0 Å². The number of hydrogen-bond acceptors (Lipinski definition) is 5. The number of nitrogens with zero attached hydrogens (tertiary/aromatic N) is 3. The highest BCUT2D eigenvalue weighted by molar-refractivity contribution is 7.92. The van der Waals surface area contributed by atoms with Gasteiger partial charge >= 0.3 is 0 Å². The molecule has 1 N–H and O–H groups in total. The van der Waals surface area contributed by atoms with E-state index in [1.807, 2.05) is 4.90 Å². The SMILES string of the molecule is Cc1nc2c(c(=O)[nH]1)C[C@@H]1CC[C@@H](C2)N1C(=O)c1cccc(N2CCCCS2(=O)=O)c1. The third-order valence-electron chi connectivity index (χ3n) is 6.67. The first-order chi connectivity index (χ1) is 14.8. The Bertz CT molecular complexity index is 1210. The highest BCUT2D eigenvalue weighted by atomic mass is 32.2. The molecule has 31 heavy (non-hydrogen) atoms. The molecule has 1 aromatic carbocycles. The lowest BCUT2D eigenvalue weighted by Crippen LogP contribution is -2.42. The van der Waals surface area contributed by atoms with Crippen molar-refractivity contribution < 1.29 is 13.2 Å². The predicted molar refractivity (Wildman–Crippen MR) is 117 cm³/mol. The van der Waals surface area contributed by atoms with Gasteiger partial charge in [-0.15, -0.1) is 0 Å². The summed E-state index contributed by atoms with van der Waals surface area (Å²) in [6.07, 6.45) is 4.28. The van der Waals surface area contributed by atoms with E-state index in [-0.39, 0.29) is 29.3 Å². The van der Waals surface area contributed by atoms with Gasteiger partial charge in [-0.3, -0.25) is 13.9 Å². The first-order valence-corrected chi connectivity index (χ1v) is 12.5. The summed E-state index contributed by atoms with van der Waals surface area (Å²) in [6.45, 7) is 2.21. The van der Waals surface area contributed by atoms with E-state index >= 15 is 0 Å². The second-order valence-electron chi connectivity index (χ2n) is 8.73. The van der Waals surface area contributed by atoms with Gasteiger partial charge in [0.2, 0.25) is 10.0 Å². The number of anilines is 1. The summed E-state index contributed by atoms with van der Waals surface area (Å²) in [4.78, 5) is 35.3. The molecule has 8 nitrogen and oxygen atoms in total. The van der Waals surface area contributed by atoms with Crippen molar-refractivity contribution >= 4 is 21.6 Å². The average molecular weight is 443 g/mol. The number of aromatic amines is 1. The van der Waals surface area contributed by atoms with Crippen LogP contribution in [-0.2, 0) is 22.9 Å². The molecule has 0 spiro atoms. The second-order valence-corrected chi connectivity index (χ2v) is 10.7. The van der Waals surface area contributed by atoms with Gasteiger partial charge in [-0.25, -0.2) is 13.4 Å². The van der Waals surface area contributed by atoms with Gasteiger partial charge in [-0.05, 0) is 50.8 Å². The molecule has 2 fully saturated rings. The maximum absolute atomic E-state index is 13.6. The van der Waals surface area contributed by atoms with E-state index < -0.39 is 10.0 Å². The Kier molecular flexibility index (Phi) is 4.88. The summed E-state index contributed by atoms with van der Waals surface area (Å²) in [5.74, 6) is 0.625. The lowest BCUT2D eigenvalue weighted by molar-refractivity contribution is 0.0673. The van der Waals surface area contributed by atoms with E-state index in [1.54, 1.807) is 31.2 Å². The van der Waals surface area contributed by atoms with Crippen molar-refractivity contribution in [1.29, 1.82) is 0 Å². The summed E-state index contributed by atoms with van der Waals surface area (Å²) in [7, 11) is -3.34. The highest BCUT2D eigenvalue weighted by Gasteiger charge is 2.41. The van der Waals surface area contributed by atoms with E-state index in [9.17, 15) is 18.0 Å². The quantitative estimate of drug-likeness (QED) is 0.764. The van der Waals surface area contributed by atoms with Crippen molar-refractivity contribution in [1.82, 2.24) is 14.9 Å². The minimum atomic E-state index is -3.34. The van der Waals surface area contributed by atoms with Crippen LogP contribution in [0.15, 0.2) is 29.1 Å². The number of carbonyl (C=O) groups excluding carboxylic acids is 1. The molecule has 0 radical (unpaired) electrons. The fraction of sp³-hybridized carbons (Fsp3) is 0.500. The number of aryl methyl sites for hydroxylation is 1. The Balaban J connectivity index is 1.46. The predicted octanol–water partition coefficient (Wildman–Crippen LogP) is 1.78. The number of H-pyrrole nitrogens is 1. The number of rotatable bonds is 2. The number of hydrogen-bond donors (Lipinski definition) is 1. The van der Waals surface area contributed by atoms with Crippen LogP contribution in [0.4, 0.5) is 5.69 Å². The van der Waals surface area contributed by atoms with Crippen LogP contribution in [0.2, 0.25) is 0 Å². The molecule has 5 rings (SSSR count). The smallest absolute Gasteiger partial charge is 0.254 e. The van der Waals surface area contributed by atoms with Crippen LogP contribution in [0, 0.1) is 6.92 Å². The molecule has 0 unspecified atom stereocenters. The van der Waals surface area contributed by atoms with Gasteiger partial charge in [0, 0.05) is 42.6 Å². The molecule has 0 saturated carbocycles. The molecular formula is C22H26N4O4S. The highest BCUT2D eigenvalue weighted by Crippen LogP contribution is 2.34. The number of fused-ring (bicyclic) bond motifs is 3. The van der Waals surface area contributed by atoms with E-state index in [2.05, 4.69) is 9.97 Å². The standard InChI is InChI=1S/C22H26N4O4S/c1-14-23-20-13-18-8-7-17(12-19(20)21(27)24-14)26(18)22(28)15-5-4-6-16(11-15)25-9-2-3-10-31(25,29)30/h4-6,11,17-18H,2-3,7-10,12-13H2,1H3,(H,23,24,27)/t17-,18-/m0/s1. The Labute approximate surface area is 181 Å². The van der Waals surface area contributed by atoms with Gasteiger partial charge in [0.1, 0.15) is 5.82 Å². The molecular weight excluding hydrogens is 416 g/mol. The summed E-state index contributed by atoms with van der Waals surface area (Å²) < 4.78 is 26.4. The molecule has 2 atom stereocenters. The molecule has 3 aliphatic heterocycles. The monoisotopic (exact) mass is 442 g/mol. The zero-order valence-corrected chi connectivity index (χ0v) is 18.3. The molecule has 4 heterocycles. The Morgan fingerprint density at radius 3 is 2.71 bits per heavy atom. The number of sulfonamides is 1. The van der Waals surface area contributed by atoms with Crippen molar-refractivity contribution in [2.45, 2.75) is 57.5 Å². The molecule has 2 aromatic rings. The van der Waals surface area contributed by atoms with Gasteiger partial charge in [0.15, 0.2) is 0 Å². The Hall–Kier alpha value is -2.68. The topological polar surface area (TPSA) is 103 Å². The fourth-order valence-electron chi connectivity index (χ4n) is 5.22. The molecule has 3 aliphatic rings. The van der Waals surface area contributed by atoms with Crippen molar-refractivity contribution in [3.63, 3.8) is 0 Å². The number of nitrogens with one attached hydrogen (secondary N) is 1. The van der Waals surface area contributed by atoms with Crippen LogP contribution in [0.3, 0.4) is 0 Å². The number of carbonyl (C=O) groups is 1. The second kappa shape index (κ2) is 7.47. The van der Waals surface area contributed by atoms with E-state index in [4.69, 9.17) is 0 Å². The minimum Gasteiger partial charge on any atom is -0.332 e. The van der Waals surface area contributed by atoms with Crippen molar-refractivity contribution in [3.05, 3.63) is 57.3 Å². The van der Waals surface area contributed by atoms with Gasteiger partial charge in [-0.2, -0.15) is 0 Å². The summed E-state index contributed by atoms with van der Waals surface area (Å²) in [5.41, 5.74) is 2.40. The van der Waals surface area contributed by atoms with Crippen LogP contribution < -0.4 is 9.86 Å². The minimum absolute atomic E-state index is 0.00479. The zero-order valence-electron chi connectivity index (χ0n) is 17.5. The van der Waals surface area contributed by atoms with Crippen LogP contribution in [0.25, 0.3) is 0 Å². The molecule has 2 saturated heterocycles. The number of amides is 1. The lowest BCUT2D eigenvalue weighted by atomic mass is 9.98. The van der Waals surface area contributed by atoms with Gasteiger partial charge in [0.05, 0.1) is 17.1 Å². The number of benzene rings is 1. The number of aromatic nitrogens is 2. The molecule has 9 heteroatoms. The van der Waals surface area contributed by atoms with Crippen LogP contribution in [0.1, 0.15) is 53.1 Å².